The standard InChI is InChI=1S/C11H13NO3S/c1-7-6-16(14)10-5-8(15-2)3-4-9(10)12-11(7)13/h3-5,7H,6H2,1-2H3,(H,12,13). The molecule has 4 nitrogen and oxygen atoms in total. The molecule has 2 unspecified atom stereocenters. The van der Waals surface area contributed by atoms with E-state index in [0.717, 1.165) is 0 Å². The van der Waals surface area contributed by atoms with Gasteiger partial charge in [0, 0.05) is 11.7 Å². The van der Waals surface area contributed by atoms with Crippen molar-refractivity contribution in [2.45, 2.75) is 11.8 Å². The smallest absolute Gasteiger partial charge is 0.228 e. The average molecular weight is 239 g/mol. The van der Waals surface area contributed by atoms with Gasteiger partial charge in [-0.05, 0) is 18.2 Å². The number of benzene rings is 1. The van der Waals surface area contributed by atoms with Crippen LogP contribution < -0.4 is 10.1 Å². The number of rotatable bonds is 1. The molecule has 0 saturated heterocycles. The Kier molecular flexibility index (Phi) is 2.96. The van der Waals surface area contributed by atoms with Crippen LogP contribution in [0.1, 0.15) is 6.92 Å². The van der Waals surface area contributed by atoms with Gasteiger partial charge in [0.1, 0.15) is 5.75 Å². The first-order valence-electron chi connectivity index (χ1n) is 4.99. The molecule has 1 amide bonds. The highest BCUT2D eigenvalue weighted by molar-refractivity contribution is 7.85. The summed E-state index contributed by atoms with van der Waals surface area (Å²) >= 11 is 0. The van der Waals surface area contributed by atoms with Gasteiger partial charge in [-0.15, -0.1) is 0 Å². The van der Waals surface area contributed by atoms with Crippen LogP contribution in [0.2, 0.25) is 0 Å². The molecule has 0 aromatic heterocycles. The third kappa shape index (κ3) is 1.95. The van der Waals surface area contributed by atoms with E-state index in [1.165, 1.54) is 0 Å². The van der Waals surface area contributed by atoms with Gasteiger partial charge in [0.05, 0.1) is 28.5 Å². The molecule has 1 aliphatic heterocycles. The lowest BCUT2D eigenvalue weighted by molar-refractivity contribution is -0.118. The van der Waals surface area contributed by atoms with Crippen LogP contribution >= 0.6 is 0 Å². The zero-order valence-electron chi connectivity index (χ0n) is 9.15. The van der Waals surface area contributed by atoms with E-state index >= 15 is 0 Å². The second kappa shape index (κ2) is 4.25. The lowest BCUT2D eigenvalue weighted by Crippen LogP contribution is -2.21. The van der Waals surface area contributed by atoms with Crippen LogP contribution in [-0.4, -0.2) is 23.0 Å². The molecule has 1 N–H and O–H groups in total. The molecular weight excluding hydrogens is 226 g/mol. The molecule has 1 aliphatic rings. The Balaban J connectivity index is 2.47. The zero-order chi connectivity index (χ0) is 11.7. The molecule has 0 radical (unpaired) electrons. The molecule has 2 atom stereocenters. The number of carbonyl (C=O) groups excluding carboxylic acids is 1. The Bertz CT molecular complexity index is 459. The zero-order valence-corrected chi connectivity index (χ0v) is 9.97. The molecule has 1 heterocycles. The number of hydrogen-bond acceptors (Lipinski definition) is 3. The summed E-state index contributed by atoms with van der Waals surface area (Å²) in [6.45, 7) is 1.77. The SMILES string of the molecule is COc1ccc2c(c1)S(=O)CC(C)C(=O)N2. The quantitative estimate of drug-likeness (QED) is 0.805. The van der Waals surface area contributed by atoms with Gasteiger partial charge in [-0.2, -0.15) is 0 Å². The van der Waals surface area contributed by atoms with Gasteiger partial charge in [0.15, 0.2) is 0 Å². The van der Waals surface area contributed by atoms with E-state index in [2.05, 4.69) is 5.32 Å². The molecular formula is C11H13NO3S. The highest BCUT2D eigenvalue weighted by Gasteiger charge is 2.24. The fraction of sp³-hybridized carbons (Fsp3) is 0.364. The Labute approximate surface area is 96.4 Å². The van der Waals surface area contributed by atoms with Gasteiger partial charge in [-0.1, -0.05) is 6.92 Å². The van der Waals surface area contributed by atoms with Crippen molar-refractivity contribution >= 4 is 22.4 Å². The maximum absolute atomic E-state index is 12.0. The second-order valence-electron chi connectivity index (χ2n) is 3.76. The minimum Gasteiger partial charge on any atom is -0.497 e. The number of amides is 1. The molecule has 0 spiro atoms. The summed E-state index contributed by atoms with van der Waals surface area (Å²) in [7, 11) is 0.400. The molecule has 0 bridgehead atoms. The van der Waals surface area contributed by atoms with E-state index in [1.807, 2.05) is 0 Å². The lowest BCUT2D eigenvalue weighted by atomic mass is 10.2. The normalized spacial score (nSPS) is 24.2. The Morgan fingerprint density at radius 1 is 1.50 bits per heavy atom. The van der Waals surface area contributed by atoms with E-state index < -0.39 is 10.8 Å². The summed E-state index contributed by atoms with van der Waals surface area (Å²) in [6.07, 6.45) is 0. The van der Waals surface area contributed by atoms with Crippen LogP contribution in [0.15, 0.2) is 23.1 Å². The summed E-state index contributed by atoms with van der Waals surface area (Å²) in [5, 5.41) is 2.77. The fourth-order valence-corrected chi connectivity index (χ4v) is 2.97. The summed E-state index contributed by atoms with van der Waals surface area (Å²) < 4.78 is 17.1. The van der Waals surface area contributed by atoms with Crippen molar-refractivity contribution in [3.05, 3.63) is 18.2 Å². The van der Waals surface area contributed by atoms with Crippen LogP contribution in [0.5, 0.6) is 5.75 Å². The largest absolute Gasteiger partial charge is 0.497 e. The molecule has 5 heteroatoms. The average Bonchev–Trinajstić information content (AvgIpc) is 2.38. The summed E-state index contributed by atoms with van der Waals surface area (Å²) in [5.41, 5.74) is 0.619. The van der Waals surface area contributed by atoms with Crippen LogP contribution in [0.4, 0.5) is 5.69 Å². The first-order chi connectivity index (χ1) is 7.61. The number of nitrogens with one attached hydrogen (secondary N) is 1. The van der Waals surface area contributed by atoms with Crippen molar-refractivity contribution < 1.29 is 13.7 Å². The molecule has 86 valence electrons. The van der Waals surface area contributed by atoms with Crippen molar-refractivity contribution in [3.8, 4) is 5.75 Å². The number of carbonyl (C=O) groups is 1. The molecule has 0 aliphatic carbocycles. The fourth-order valence-electron chi connectivity index (χ4n) is 1.57. The Hall–Kier alpha value is -1.36. The summed E-state index contributed by atoms with van der Waals surface area (Å²) in [4.78, 5) is 12.2. The van der Waals surface area contributed by atoms with Crippen molar-refractivity contribution in [1.29, 1.82) is 0 Å². The van der Waals surface area contributed by atoms with E-state index in [1.54, 1.807) is 32.2 Å². The van der Waals surface area contributed by atoms with Gasteiger partial charge in [0.2, 0.25) is 5.91 Å². The first-order valence-corrected chi connectivity index (χ1v) is 6.31. The number of fused-ring (bicyclic) bond motifs is 1. The summed E-state index contributed by atoms with van der Waals surface area (Å²) in [6, 6.07) is 5.18. The minimum absolute atomic E-state index is 0.0859. The van der Waals surface area contributed by atoms with Crippen LogP contribution in [0, 0.1) is 5.92 Å². The van der Waals surface area contributed by atoms with Gasteiger partial charge < -0.3 is 10.1 Å². The van der Waals surface area contributed by atoms with Crippen molar-refractivity contribution in [2.75, 3.05) is 18.2 Å². The maximum Gasteiger partial charge on any atom is 0.228 e. The molecule has 16 heavy (non-hydrogen) atoms. The predicted molar refractivity (Wildman–Crippen MR) is 62.1 cm³/mol. The van der Waals surface area contributed by atoms with Gasteiger partial charge in [0.25, 0.3) is 0 Å². The van der Waals surface area contributed by atoms with E-state index in [-0.39, 0.29) is 11.8 Å². The van der Waals surface area contributed by atoms with Crippen LogP contribution in [-0.2, 0) is 15.6 Å². The summed E-state index contributed by atoms with van der Waals surface area (Å²) in [5.74, 6) is 0.679. The topological polar surface area (TPSA) is 55.4 Å². The van der Waals surface area contributed by atoms with Crippen molar-refractivity contribution in [3.63, 3.8) is 0 Å². The lowest BCUT2D eigenvalue weighted by Gasteiger charge is -2.07. The monoisotopic (exact) mass is 239 g/mol. The van der Waals surface area contributed by atoms with E-state index in [4.69, 9.17) is 4.74 Å². The number of methoxy groups -OCH3 is 1. The molecule has 0 saturated carbocycles. The Morgan fingerprint density at radius 2 is 2.25 bits per heavy atom. The van der Waals surface area contributed by atoms with Crippen LogP contribution in [0.25, 0.3) is 0 Å². The number of hydrogen-bond donors (Lipinski definition) is 1. The molecule has 1 aromatic carbocycles. The van der Waals surface area contributed by atoms with E-state index in [9.17, 15) is 9.00 Å². The van der Waals surface area contributed by atoms with Gasteiger partial charge in [-0.25, -0.2) is 0 Å². The van der Waals surface area contributed by atoms with Crippen molar-refractivity contribution in [2.24, 2.45) is 5.92 Å². The minimum atomic E-state index is -1.16. The molecule has 1 aromatic rings. The van der Waals surface area contributed by atoms with Gasteiger partial charge >= 0.3 is 0 Å². The van der Waals surface area contributed by atoms with Crippen LogP contribution in [0.3, 0.4) is 0 Å². The third-order valence-corrected chi connectivity index (χ3v) is 4.17. The van der Waals surface area contributed by atoms with E-state index in [0.29, 0.717) is 22.1 Å². The molecule has 2 rings (SSSR count). The highest BCUT2D eigenvalue weighted by atomic mass is 32.2. The number of anilines is 1. The first kappa shape index (κ1) is 11.1. The number of ether oxygens (including phenoxy) is 1. The van der Waals surface area contributed by atoms with Crippen molar-refractivity contribution in [1.82, 2.24) is 0 Å². The molecule has 0 fully saturated rings. The Morgan fingerprint density at radius 3 is 2.94 bits per heavy atom. The maximum atomic E-state index is 12.0. The highest BCUT2D eigenvalue weighted by Crippen LogP contribution is 2.28. The predicted octanol–water partition coefficient (Wildman–Crippen LogP) is 1.39. The third-order valence-electron chi connectivity index (χ3n) is 2.54. The second-order valence-corrected chi connectivity index (χ2v) is 5.23. The van der Waals surface area contributed by atoms with Gasteiger partial charge in [-0.3, -0.25) is 9.00 Å².